The Balaban J connectivity index is 1.37. The highest BCUT2D eigenvalue weighted by atomic mass is 35.5. The molecule has 51 heavy (non-hydrogen) atoms. The van der Waals surface area contributed by atoms with E-state index in [2.05, 4.69) is 44.3 Å². The fourth-order valence-corrected chi connectivity index (χ4v) is 7.85. The summed E-state index contributed by atoms with van der Waals surface area (Å²) in [5.74, 6) is -0.820. The topological polar surface area (TPSA) is 101 Å². The van der Waals surface area contributed by atoms with Gasteiger partial charge in [-0.3, -0.25) is 14.1 Å². The minimum absolute atomic E-state index is 0.00458. The number of allylic oxidation sites excluding steroid dienone is 2. The van der Waals surface area contributed by atoms with Crippen molar-refractivity contribution in [2.24, 2.45) is 11.3 Å². The van der Waals surface area contributed by atoms with Crippen molar-refractivity contribution in [3.05, 3.63) is 128 Å². The van der Waals surface area contributed by atoms with Gasteiger partial charge in [-0.05, 0) is 90.0 Å². The zero-order valence-electron chi connectivity index (χ0n) is 28.9. The average molecular weight is 767 g/mol. The van der Waals surface area contributed by atoms with Gasteiger partial charge in [0.2, 0.25) is 5.91 Å². The second kappa shape index (κ2) is 16.5. The van der Waals surface area contributed by atoms with Crippen LogP contribution in [0.2, 0.25) is 15.1 Å². The highest BCUT2D eigenvalue weighted by Gasteiger charge is 2.27. The Morgan fingerprint density at radius 3 is 2.10 bits per heavy atom. The van der Waals surface area contributed by atoms with Crippen LogP contribution < -0.4 is 5.32 Å². The number of hydrogen-bond acceptors (Lipinski definition) is 4. The summed E-state index contributed by atoms with van der Waals surface area (Å²) >= 11 is 19.2. The Labute approximate surface area is 316 Å². The number of amides is 1. The van der Waals surface area contributed by atoms with Gasteiger partial charge in [-0.2, -0.15) is 8.42 Å². The van der Waals surface area contributed by atoms with Crippen LogP contribution in [0.5, 0.6) is 0 Å². The number of halogens is 3. The number of rotatable bonds is 12. The number of carbonyl (C=O) groups is 2. The molecule has 268 valence electrons. The number of benzene rings is 4. The molecule has 0 fully saturated rings. The van der Waals surface area contributed by atoms with Crippen LogP contribution in [-0.2, 0) is 21.3 Å². The maximum absolute atomic E-state index is 14.0. The van der Waals surface area contributed by atoms with Crippen molar-refractivity contribution in [1.82, 2.24) is 0 Å². The molecule has 0 saturated carbocycles. The number of anilines is 1. The van der Waals surface area contributed by atoms with E-state index in [0.717, 1.165) is 41.5 Å². The average Bonchev–Trinajstić information content (AvgIpc) is 3.07. The first-order valence-corrected chi connectivity index (χ1v) is 19.7. The molecule has 1 aliphatic carbocycles. The maximum atomic E-state index is 14.0. The first-order chi connectivity index (χ1) is 24.1. The summed E-state index contributed by atoms with van der Waals surface area (Å²) in [6.07, 6.45) is 5.96. The number of nitrogens with one attached hydrogen (secondary N) is 1. The normalized spacial score (nSPS) is 15.6. The monoisotopic (exact) mass is 765 g/mol. The van der Waals surface area contributed by atoms with Crippen LogP contribution in [0.1, 0.15) is 85.8 Å². The van der Waals surface area contributed by atoms with Crippen LogP contribution in [0, 0.1) is 11.3 Å². The van der Waals surface area contributed by atoms with Crippen molar-refractivity contribution >= 4 is 67.9 Å². The third-order valence-electron chi connectivity index (χ3n) is 9.62. The summed E-state index contributed by atoms with van der Waals surface area (Å²) in [7, 11) is -4.13. The fraction of sp³-hybridized carbons (Fsp3) is 0.317. The molecule has 4 aromatic carbocycles. The van der Waals surface area contributed by atoms with Crippen molar-refractivity contribution in [1.29, 1.82) is 0 Å². The number of carbonyl (C=O) groups excluding carboxylic acids is 2. The molecule has 0 bridgehead atoms. The molecule has 4 aromatic rings. The van der Waals surface area contributed by atoms with Crippen LogP contribution in [0.4, 0.5) is 5.69 Å². The molecular formula is C41H42Cl3NO5S. The largest absolute Gasteiger partial charge is 0.326 e. The van der Waals surface area contributed by atoms with Crippen molar-refractivity contribution in [3.63, 3.8) is 0 Å². The van der Waals surface area contributed by atoms with E-state index in [1.54, 1.807) is 42.5 Å². The van der Waals surface area contributed by atoms with Gasteiger partial charge in [-0.15, -0.1) is 0 Å². The van der Waals surface area contributed by atoms with Gasteiger partial charge in [-0.1, -0.05) is 122 Å². The minimum atomic E-state index is -4.13. The van der Waals surface area contributed by atoms with Gasteiger partial charge in [0.15, 0.2) is 5.78 Å². The summed E-state index contributed by atoms with van der Waals surface area (Å²) in [6.45, 7) is 6.90. The Morgan fingerprint density at radius 1 is 0.882 bits per heavy atom. The summed E-state index contributed by atoms with van der Waals surface area (Å²) in [6, 6.07) is 25.7. The molecule has 1 aliphatic rings. The molecule has 0 saturated heterocycles. The van der Waals surface area contributed by atoms with E-state index in [4.69, 9.17) is 39.4 Å². The van der Waals surface area contributed by atoms with Crippen LogP contribution in [-0.4, -0.2) is 30.4 Å². The number of ketones is 1. The first kappa shape index (κ1) is 38.8. The van der Waals surface area contributed by atoms with E-state index in [0.29, 0.717) is 44.2 Å². The van der Waals surface area contributed by atoms with Crippen molar-refractivity contribution in [3.8, 4) is 11.1 Å². The highest BCUT2D eigenvalue weighted by Crippen LogP contribution is 2.40. The number of hydrogen-bond donors (Lipinski definition) is 2. The van der Waals surface area contributed by atoms with E-state index in [9.17, 15) is 18.0 Å². The van der Waals surface area contributed by atoms with E-state index in [1.807, 2.05) is 30.3 Å². The Morgan fingerprint density at radius 2 is 1.53 bits per heavy atom. The molecule has 0 radical (unpaired) electrons. The summed E-state index contributed by atoms with van der Waals surface area (Å²) in [4.78, 5) is 26.7. The summed E-state index contributed by atoms with van der Waals surface area (Å²) < 4.78 is 31.0. The van der Waals surface area contributed by atoms with E-state index in [-0.39, 0.29) is 29.9 Å². The van der Waals surface area contributed by atoms with Crippen LogP contribution >= 0.6 is 34.8 Å². The molecule has 0 heterocycles. The third kappa shape index (κ3) is 10.6. The lowest BCUT2D eigenvalue weighted by Gasteiger charge is -2.33. The van der Waals surface area contributed by atoms with E-state index in [1.165, 1.54) is 5.57 Å². The molecule has 5 rings (SSSR count). The zero-order chi connectivity index (χ0) is 36.9. The Bertz CT molecular complexity index is 2040. The van der Waals surface area contributed by atoms with Gasteiger partial charge >= 0.3 is 0 Å². The lowest BCUT2D eigenvalue weighted by molar-refractivity contribution is -0.117. The molecule has 2 unspecified atom stereocenters. The Hall–Kier alpha value is -3.46. The molecule has 1 amide bonds. The highest BCUT2D eigenvalue weighted by molar-refractivity contribution is 7.85. The van der Waals surface area contributed by atoms with Gasteiger partial charge < -0.3 is 5.32 Å². The third-order valence-corrected chi connectivity index (χ3v) is 11.3. The summed E-state index contributed by atoms with van der Waals surface area (Å²) in [5, 5.41) is 4.46. The molecule has 10 heteroatoms. The predicted octanol–water partition coefficient (Wildman–Crippen LogP) is 11.4. The van der Waals surface area contributed by atoms with Crippen molar-refractivity contribution in [2.45, 2.75) is 65.2 Å². The number of Topliss-reactive ketones (excluding diaryl/α,β-unsaturated/α-hetero) is 1. The quantitative estimate of drug-likeness (QED) is 0.110. The van der Waals surface area contributed by atoms with Gasteiger partial charge in [-0.25, -0.2) is 0 Å². The van der Waals surface area contributed by atoms with Crippen molar-refractivity contribution in [2.75, 3.05) is 11.1 Å². The second-order valence-corrected chi connectivity index (χ2v) is 17.1. The smallest absolute Gasteiger partial charge is 0.264 e. The fourth-order valence-electron chi connectivity index (χ4n) is 6.54. The van der Waals surface area contributed by atoms with Gasteiger partial charge in [0.1, 0.15) is 0 Å². The lowest BCUT2D eigenvalue weighted by Crippen LogP contribution is -2.23. The molecule has 2 atom stereocenters. The lowest BCUT2D eigenvalue weighted by atomic mass is 9.72. The molecule has 0 aromatic heterocycles. The molecule has 2 N–H and O–H groups in total. The zero-order valence-corrected chi connectivity index (χ0v) is 32.0. The molecule has 0 spiro atoms. The van der Waals surface area contributed by atoms with Gasteiger partial charge in [0, 0.05) is 38.8 Å². The molecule has 0 aliphatic heterocycles. The standard InChI is InChI=1S/C41H42Cl3NO5S/c1-41(2,3)31-16-14-28(15-17-31)27-10-12-29(13-11-27)36(23-26-6-8-30(9-7-26)39(46)5-4-22-51(48,49)50)40(47)45-33-19-21-35(38(44)25-33)34-20-18-32(42)24-37(34)43/h6-14,18-21,24-25,31,36H,4-5,15-17,22-23H2,1-3H3,(H,45,47)(H,48,49,50). The second-order valence-electron chi connectivity index (χ2n) is 14.3. The molecular weight excluding hydrogens is 725 g/mol. The van der Waals surface area contributed by atoms with Gasteiger partial charge in [0.05, 0.1) is 16.7 Å². The predicted molar refractivity (Wildman–Crippen MR) is 210 cm³/mol. The first-order valence-electron chi connectivity index (χ1n) is 17.0. The van der Waals surface area contributed by atoms with Crippen LogP contribution in [0.15, 0.2) is 91.0 Å². The molecule has 6 nitrogen and oxygen atoms in total. The van der Waals surface area contributed by atoms with Gasteiger partial charge in [0.25, 0.3) is 10.1 Å². The van der Waals surface area contributed by atoms with Crippen LogP contribution in [0.25, 0.3) is 16.7 Å². The van der Waals surface area contributed by atoms with Crippen molar-refractivity contribution < 1.29 is 22.6 Å². The van der Waals surface area contributed by atoms with Crippen LogP contribution in [0.3, 0.4) is 0 Å². The Kier molecular flexibility index (Phi) is 12.5. The van der Waals surface area contributed by atoms with E-state index < -0.39 is 21.8 Å². The van der Waals surface area contributed by atoms with E-state index >= 15 is 0 Å². The summed E-state index contributed by atoms with van der Waals surface area (Å²) in [5.41, 5.74) is 6.86. The minimum Gasteiger partial charge on any atom is -0.326 e. The maximum Gasteiger partial charge on any atom is 0.264 e. The SMILES string of the molecule is CC(C)(C)C1CC=C(c2ccc(C(Cc3ccc(C(=O)CCCS(=O)(=O)O)cc3)C(=O)Nc3ccc(-c4ccc(Cl)cc4Cl)c(Cl)c3)cc2)CC1.